The molecule has 0 saturated carbocycles. The Bertz CT molecular complexity index is 113. The minimum Gasteiger partial charge on any atom is -0.391 e. The summed E-state index contributed by atoms with van der Waals surface area (Å²) in [6.45, 7) is 8.85. The van der Waals surface area contributed by atoms with Gasteiger partial charge in [-0.25, -0.2) is 0 Å². The molecule has 0 aromatic rings. The molecule has 1 aliphatic rings. The number of nitrogens with zero attached hydrogens (tertiary/aromatic N) is 2. The highest BCUT2D eigenvalue weighted by Gasteiger charge is 2.10. The summed E-state index contributed by atoms with van der Waals surface area (Å²) in [7, 11) is 0. The molecule has 0 N–H and O–H groups in total. The lowest BCUT2D eigenvalue weighted by Gasteiger charge is -2.18. The highest BCUT2D eigenvalue weighted by atomic mass is 27.1. The zero-order valence-electron chi connectivity index (χ0n) is 8.55. The molecule has 1 aliphatic heterocycles. The van der Waals surface area contributed by atoms with Crippen molar-refractivity contribution in [1.29, 1.82) is 0 Å². The van der Waals surface area contributed by atoms with E-state index in [0.717, 1.165) is 0 Å². The van der Waals surface area contributed by atoms with Gasteiger partial charge < -0.3 is 8.78 Å². The molecule has 0 atom stereocenters. The maximum Gasteiger partial charge on any atom is 0.321 e. The Hall–Kier alpha value is 0.452. The van der Waals surface area contributed by atoms with Crippen LogP contribution in [0.5, 0.6) is 0 Å². The molecule has 0 aromatic carbocycles. The number of hydrogen-bond donors (Lipinski definition) is 0. The first-order valence-corrected chi connectivity index (χ1v) is 6.13. The van der Waals surface area contributed by atoms with E-state index in [4.69, 9.17) is 0 Å². The van der Waals surface area contributed by atoms with Gasteiger partial charge in [0, 0.05) is 0 Å². The van der Waals surface area contributed by atoms with Crippen molar-refractivity contribution in [2.24, 2.45) is 0 Å². The third-order valence-electron chi connectivity index (χ3n) is 2.75. The van der Waals surface area contributed by atoms with Crippen molar-refractivity contribution in [3.63, 3.8) is 0 Å². The van der Waals surface area contributed by atoms with Gasteiger partial charge in [-0.1, -0.05) is 6.92 Å². The minimum atomic E-state index is 1.23. The maximum absolute atomic E-state index is 2.60. The zero-order valence-corrected chi connectivity index (χ0v) is 10.6. The van der Waals surface area contributed by atoms with E-state index in [1.54, 1.807) is 0 Å². The van der Waals surface area contributed by atoms with Gasteiger partial charge in [-0.15, -0.1) is 0 Å². The largest absolute Gasteiger partial charge is 0.391 e. The lowest BCUT2D eigenvalue weighted by molar-refractivity contribution is 0.316. The summed E-state index contributed by atoms with van der Waals surface area (Å²) in [5, 5.41) is 0. The standard InChI is InChI=1S/C9H19N2.Al.2H/c1-2-10-6-5-9-11-7-3-4-8-11;;;/h2-9H2,1H3;;;/q-1;+1;;. The Morgan fingerprint density at radius 1 is 1.33 bits per heavy atom. The second-order valence-corrected chi connectivity index (χ2v) is 5.06. The highest BCUT2D eigenvalue weighted by molar-refractivity contribution is 6.04. The quantitative estimate of drug-likeness (QED) is 0.569. The van der Waals surface area contributed by atoms with E-state index in [-0.39, 0.29) is 0 Å². The first kappa shape index (κ1) is 10.5. The summed E-state index contributed by atoms with van der Waals surface area (Å²) >= 11 is 1.23. The van der Waals surface area contributed by atoms with Crippen LogP contribution in [0.4, 0.5) is 0 Å². The number of hydrogen-bond acceptors (Lipinski definition) is 2. The van der Waals surface area contributed by atoms with E-state index >= 15 is 0 Å². The van der Waals surface area contributed by atoms with Crippen molar-refractivity contribution in [2.45, 2.75) is 26.2 Å². The van der Waals surface area contributed by atoms with Crippen LogP contribution in [0.15, 0.2) is 0 Å². The fourth-order valence-electron chi connectivity index (χ4n) is 1.73. The average Bonchev–Trinajstić information content (AvgIpc) is 2.57. The molecule has 0 amide bonds. The lowest BCUT2D eigenvalue weighted by Crippen LogP contribution is -2.26. The fourth-order valence-corrected chi connectivity index (χ4v) is 2.04. The average molecular weight is 184 g/mol. The Morgan fingerprint density at radius 2 is 2.00 bits per heavy atom. The molecule has 0 aromatic heterocycles. The molecule has 1 fully saturated rings. The van der Waals surface area contributed by atoms with Crippen molar-refractivity contribution >= 4 is 16.5 Å². The summed E-state index contributed by atoms with van der Waals surface area (Å²) < 4.78 is 2.52. The topological polar surface area (TPSA) is 6.48 Å². The smallest absolute Gasteiger partial charge is 0.321 e. The van der Waals surface area contributed by atoms with Crippen LogP contribution in [0.25, 0.3) is 0 Å². The molecule has 0 unspecified atom stereocenters. The molecule has 1 saturated heterocycles. The Balaban J connectivity index is 1.94. The van der Waals surface area contributed by atoms with Gasteiger partial charge in [0.25, 0.3) is 0 Å². The first-order valence-electron chi connectivity index (χ1n) is 5.24. The Labute approximate surface area is 84.6 Å². The molecule has 1 rings (SSSR count). The molecule has 0 radical (unpaired) electrons. The normalized spacial score (nSPS) is 19.2. The summed E-state index contributed by atoms with van der Waals surface area (Å²) in [6, 6.07) is 0. The van der Waals surface area contributed by atoms with E-state index in [1.807, 2.05) is 0 Å². The van der Waals surface area contributed by atoms with Crippen LogP contribution < -0.4 is 0 Å². The summed E-state index contributed by atoms with van der Waals surface area (Å²) in [6.07, 6.45) is 4.23. The number of rotatable bonds is 5. The predicted octanol–water partition coefficient (Wildman–Crippen LogP) is 0.342. The van der Waals surface area contributed by atoms with Crippen molar-refractivity contribution < 1.29 is 0 Å². The second kappa shape index (κ2) is 5.99. The highest BCUT2D eigenvalue weighted by Crippen LogP contribution is 2.07. The van der Waals surface area contributed by atoms with Gasteiger partial charge in [0.2, 0.25) is 0 Å². The van der Waals surface area contributed by atoms with Gasteiger partial charge in [-0.2, -0.15) is 0 Å². The molecule has 2 nitrogen and oxygen atoms in total. The maximum atomic E-state index is 2.60. The molecule has 1 heterocycles. The summed E-state index contributed by atoms with van der Waals surface area (Å²) in [5.74, 6) is 0. The van der Waals surface area contributed by atoms with Crippen LogP contribution >= 0.6 is 0 Å². The first-order chi connectivity index (χ1) is 5.83. The van der Waals surface area contributed by atoms with Crippen molar-refractivity contribution in [3.05, 3.63) is 0 Å². The van der Waals surface area contributed by atoms with E-state index in [9.17, 15) is 0 Å². The Morgan fingerprint density at radius 3 is 2.58 bits per heavy atom. The molecule has 12 heavy (non-hydrogen) atoms. The molecule has 3 heteroatoms. The molecular formula is C9H21AlN2. The van der Waals surface area contributed by atoms with E-state index in [1.165, 1.54) is 68.5 Å². The SMILES string of the molecule is CC[N]([AlH2])CCCN1CCCC1. The lowest BCUT2D eigenvalue weighted by atomic mass is 10.4. The summed E-state index contributed by atoms with van der Waals surface area (Å²) in [5.41, 5.74) is 0. The van der Waals surface area contributed by atoms with Crippen molar-refractivity contribution in [3.8, 4) is 0 Å². The number of likely N-dealkylation sites (tertiary alicyclic amines) is 1. The third-order valence-corrected chi connectivity index (χ3v) is 3.83. The fraction of sp³-hybridized carbons (Fsp3) is 1.00. The van der Waals surface area contributed by atoms with Crippen molar-refractivity contribution in [2.75, 3.05) is 32.7 Å². The van der Waals surface area contributed by atoms with Gasteiger partial charge in [-0.3, -0.25) is 0 Å². The van der Waals surface area contributed by atoms with Crippen LogP contribution in [-0.4, -0.2) is 58.0 Å². The molecule has 70 valence electrons. The second-order valence-electron chi connectivity index (χ2n) is 3.80. The van der Waals surface area contributed by atoms with Crippen LogP contribution in [0, 0.1) is 0 Å². The molecule has 0 spiro atoms. The van der Waals surface area contributed by atoms with E-state index in [2.05, 4.69) is 15.7 Å². The van der Waals surface area contributed by atoms with Crippen LogP contribution in [0.1, 0.15) is 26.2 Å². The van der Waals surface area contributed by atoms with E-state index in [0.29, 0.717) is 0 Å². The minimum absolute atomic E-state index is 1.23. The monoisotopic (exact) mass is 184 g/mol. The van der Waals surface area contributed by atoms with Crippen LogP contribution in [0.2, 0.25) is 0 Å². The van der Waals surface area contributed by atoms with Gasteiger partial charge in [-0.05, 0) is 52.0 Å². The van der Waals surface area contributed by atoms with Crippen molar-refractivity contribution in [1.82, 2.24) is 8.78 Å². The van der Waals surface area contributed by atoms with Gasteiger partial charge in [0.15, 0.2) is 0 Å². The predicted molar refractivity (Wildman–Crippen MR) is 56.1 cm³/mol. The van der Waals surface area contributed by atoms with Crippen LogP contribution in [-0.2, 0) is 0 Å². The van der Waals surface area contributed by atoms with Gasteiger partial charge >= 0.3 is 16.5 Å². The molecular weight excluding hydrogens is 163 g/mol. The third kappa shape index (κ3) is 3.91. The molecule has 0 aliphatic carbocycles. The van der Waals surface area contributed by atoms with Crippen LogP contribution in [0.3, 0.4) is 0 Å². The van der Waals surface area contributed by atoms with Gasteiger partial charge in [0.1, 0.15) is 0 Å². The van der Waals surface area contributed by atoms with E-state index < -0.39 is 0 Å². The summed E-state index contributed by atoms with van der Waals surface area (Å²) in [4.78, 5) is 2.60. The zero-order chi connectivity index (χ0) is 8.81. The van der Waals surface area contributed by atoms with Gasteiger partial charge in [0.05, 0.1) is 0 Å². The Kier molecular flexibility index (Phi) is 5.26. The molecule has 0 bridgehead atoms.